The van der Waals surface area contributed by atoms with Crippen molar-refractivity contribution < 1.29 is 15.0 Å². The average Bonchev–Trinajstić information content (AvgIpc) is 2.53. The number of phenols is 1. The number of hydrogen-bond donors (Lipinski definition) is 3. The molecular formula is C17H19NO3. The van der Waals surface area contributed by atoms with Crippen LogP contribution in [-0.2, 0) is 11.2 Å². The topological polar surface area (TPSA) is 69.6 Å². The van der Waals surface area contributed by atoms with E-state index in [2.05, 4.69) is 5.32 Å². The quantitative estimate of drug-likeness (QED) is 0.712. The van der Waals surface area contributed by atoms with E-state index < -0.39 is 6.10 Å². The Morgan fingerprint density at radius 1 is 1.05 bits per heavy atom. The van der Waals surface area contributed by atoms with Gasteiger partial charge in [-0.15, -0.1) is 0 Å². The van der Waals surface area contributed by atoms with Crippen LogP contribution in [0.1, 0.15) is 23.7 Å². The number of aliphatic hydroxyl groups excluding tert-OH is 1. The highest BCUT2D eigenvalue weighted by Gasteiger charge is 2.15. The Kier molecular flexibility index (Phi) is 5.35. The first-order valence-electron chi connectivity index (χ1n) is 6.95. The molecule has 1 unspecified atom stereocenters. The fraction of sp³-hybridized carbons (Fsp3) is 0.235. The molecule has 4 nitrogen and oxygen atoms in total. The molecule has 0 radical (unpaired) electrons. The first-order valence-corrected chi connectivity index (χ1v) is 6.95. The van der Waals surface area contributed by atoms with Crippen LogP contribution in [0.15, 0.2) is 54.6 Å². The molecule has 2 aromatic rings. The smallest absolute Gasteiger partial charge is 0.253 e. The van der Waals surface area contributed by atoms with Gasteiger partial charge in [0.2, 0.25) is 0 Å². The summed E-state index contributed by atoms with van der Waals surface area (Å²) in [7, 11) is 0. The molecule has 2 rings (SSSR count). The molecular weight excluding hydrogens is 266 g/mol. The van der Waals surface area contributed by atoms with Crippen LogP contribution in [0.4, 0.5) is 0 Å². The molecule has 0 bridgehead atoms. The molecule has 21 heavy (non-hydrogen) atoms. The van der Waals surface area contributed by atoms with E-state index >= 15 is 0 Å². The van der Waals surface area contributed by atoms with E-state index in [1.54, 1.807) is 36.4 Å². The number of phenolic OH excluding ortho intramolecular Hbond substituents is 1. The number of rotatable bonds is 6. The number of aromatic hydroxyl groups is 1. The number of nitrogens with one attached hydrogen (secondary N) is 1. The molecule has 0 saturated carbocycles. The molecule has 1 amide bonds. The van der Waals surface area contributed by atoms with Gasteiger partial charge in [0.25, 0.3) is 5.91 Å². The Morgan fingerprint density at radius 3 is 2.38 bits per heavy atom. The lowest BCUT2D eigenvalue weighted by molar-refractivity contribution is -0.129. The summed E-state index contributed by atoms with van der Waals surface area (Å²) >= 11 is 0. The largest absolute Gasteiger partial charge is 0.508 e. The van der Waals surface area contributed by atoms with E-state index in [-0.39, 0.29) is 11.7 Å². The molecule has 1 atom stereocenters. The SMILES string of the molecule is O=C(NCCCc1ccc(O)cc1)C(O)c1ccccc1. The minimum absolute atomic E-state index is 0.248. The van der Waals surface area contributed by atoms with E-state index in [0.29, 0.717) is 12.1 Å². The summed E-state index contributed by atoms with van der Waals surface area (Å²) in [4.78, 5) is 11.8. The van der Waals surface area contributed by atoms with Gasteiger partial charge in [0, 0.05) is 6.54 Å². The van der Waals surface area contributed by atoms with E-state index in [0.717, 1.165) is 18.4 Å². The van der Waals surface area contributed by atoms with Crippen molar-refractivity contribution in [3.05, 3.63) is 65.7 Å². The van der Waals surface area contributed by atoms with Crippen LogP contribution in [0.2, 0.25) is 0 Å². The lowest BCUT2D eigenvalue weighted by atomic mass is 10.1. The van der Waals surface area contributed by atoms with Crippen LogP contribution >= 0.6 is 0 Å². The zero-order chi connectivity index (χ0) is 15.1. The zero-order valence-corrected chi connectivity index (χ0v) is 11.7. The number of hydrogen-bond acceptors (Lipinski definition) is 3. The monoisotopic (exact) mass is 285 g/mol. The van der Waals surface area contributed by atoms with Crippen LogP contribution < -0.4 is 5.32 Å². The molecule has 4 heteroatoms. The summed E-state index contributed by atoms with van der Waals surface area (Å²) < 4.78 is 0. The number of aryl methyl sites for hydroxylation is 1. The molecule has 0 saturated heterocycles. The maximum atomic E-state index is 11.8. The van der Waals surface area contributed by atoms with Gasteiger partial charge in [-0.2, -0.15) is 0 Å². The van der Waals surface area contributed by atoms with E-state index in [1.165, 1.54) is 0 Å². The Morgan fingerprint density at radius 2 is 1.71 bits per heavy atom. The van der Waals surface area contributed by atoms with Crippen LogP contribution in [0, 0.1) is 0 Å². The molecule has 0 spiro atoms. The first kappa shape index (κ1) is 15.1. The summed E-state index contributed by atoms with van der Waals surface area (Å²) in [6.45, 7) is 0.504. The minimum atomic E-state index is -1.13. The van der Waals surface area contributed by atoms with Gasteiger partial charge >= 0.3 is 0 Å². The number of amides is 1. The summed E-state index contributed by atoms with van der Waals surface area (Å²) in [6, 6.07) is 15.9. The van der Waals surface area contributed by atoms with Crippen LogP contribution in [0.3, 0.4) is 0 Å². The first-order chi connectivity index (χ1) is 10.2. The van der Waals surface area contributed by atoms with Gasteiger partial charge < -0.3 is 15.5 Å². The Hall–Kier alpha value is -2.33. The lowest BCUT2D eigenvalue weighted by Crippen LogP contribution is -2.30. The molecule has 0 fully saturated rings. The second-order valence-electron chi connectivity index (χ2n) is 4.87. The van der Waals surface area contributed by atoms with Gasteiger partial charge in [0.1, 0.15) is 5.75 Å². The number of carbonyl (C=O) groups is 1. The predicted octanol–water partition coefficient (Wildman–Crippen LogP) is 2.17. The van der Waals surface area contributed by atoms with Gasteiger partial charge in [-0.3, -0.25) is 4.79 Å². The predicted molar refractivity (Wildman–Crippen MR) is 80.8 cm³/mol. The van der Waals surface area contributed by atoms with Crippen molar-refractivity contribution in [1.82, 2.24) is 5.32 Å². The summed E-state index contributed by atoms with van der Waals surface area (Å²) in [5.74, 6) is -0.134. The second-order valence-corrected chi connectivity index (χ2v) is 4.87. The molecule has 0 aromatic heterocycles. The highest BCUT2D eigenvalue weighted by atomic mass is 16.3. The Bertz CT molecular complexity index is 566. The fourth-order valence-corrected chi connectivity index (χ4v) is 2.05. The Labute approximate surface area is 124 Å². The Balaban J connectivity index is 1.73. The molecule has 0 heterocycles. The normalized spacial score (nSPS) is 11.9. The van der Waals surface area contributed by atoms with Gasteiger partial charge in [-0.25, -0.2) is 0 Å². The van der Waals surface area contributed by atoms with Crippen molar-refractivity contribution >= 4 is 5.91 Å². The third kappa shape index (κ3) is 4.61. The summed E-state index contributed by atoms with van der Waals surface area (Å²) in [6.07, 6.45) is 0.458. The molecule has 0 aliphatic carbocycles. The van der Waals surface area contributed by atoms with Crippen molar-refractivity contribution in [1.29, 1.82) is 0 Å². The van der Waals surface area contributed by atoms with Crippen molar-refractivity contribution in [2.75, 3.05) is 6.54 Å². The zero-order valence-electron chi connectivity index (χ0n) is 11.7. The molecule has 0 aliphatic rings. The van der Waals surface area contributed by atoms with Crippen molar-refractivity contribution in [2.45, 2.75) is 18.9 Å². The van der Waals surface area contributed by atoms with Crippen molar-refractivity contribution in [3.63, 3.8) is 0 Å². The number of benzene rings is 2. The van der Waals surface area contributed by atoms with Gasteiger partial charge in [-0.1, -0.05) is 42.5 Å². The van der Waals surface area contributed by atoms with Crippen LogP contribution in [0.25, 0.3) is 0 Å². The number of aliphatic hydroxyl groups is 1. The van der Waals surface area contributed by atoms with Gasteiger partial charge in [0.05, 0.1) is 0 Å². The molecule has 110 valence electrons. The minimum Gasteiger partial charge on any atom is -0.508 e. The van der Waals surface area contributed by atoms with E-state index in [4.69, 9.17) is 0 Å². The highest BCUT2D eigenvalue weighted by molar-refractivity contribution is 5.81. The van der Waals surface area contributed by atoms with Gasteiger partial charge in [0.15, 0.2) is 6.10 Å². The highest BCUT2D eigenvalue weighted by Crippen LogP contribution is 2.12. The lowest BCUT2D eigenvalue weighted by Gasteiger charge is -2.11. The van der Waals surface area contributed by atoms with Crippen LogP contribution in [0.5, 0.6) is 5.75 Å². The molecule has 2 aromatic carbocycles. The summed E-state index contributed by atoms with van der Waals surface area (Å²) in [5, 5.41) is 21.8. The van der Waals surface area contributed by atoms with Gasteiger partial charge in [-0.05, 0) is 36.1 Å². The molecule has 3 N–H and O–H groups in total. The van der Waals surface area contributed by atoms with E-state index in [9.17, 15) is 15.0 Å². The summed E-state index contributed by atoms with van der Waals surface area (Å²) in [5.41, 5.74) is 1.69. The fourth-order valence-electron chi connectivity index (χ4n) is 2.05. The second kappa shape index (κ2) is 7.45. The maximum Gasteiger partial charge on any atom is 0.253 e. The van der Waals surface area contributed by atoms with Crippen molar-refractivity contribution in [3.8, 4) is 5.75 Å². The molecule has 0 aliphatic heterocycles. The third-order valence-electron chi connectivity index (χ3n) is 3.24. The standard InChI is InChI=1S/C17H19NO3/c19-15-10-8-13(9-11-15)5-4-12-18-17(21)16(20)14-6-2-1-3-7-14/h1-3,6-11,16,19-20H,4-5,12H2,(H,18,21). The average molecular weight is 285 g/mol. The van der Waals surface area contributed by atoms with E-state index in [1.807, 2.05) is 18.2 Å². The maximum absolute atomic E-state index is 11.8. The van der Waals surface area contributed by atoms with Crippen LogP contribution in [-0.4, -0.2) is 22.7 Å². The van der Waals surface area contributed by atoms with Crippen molar-refractivity contribution in [2.24, 2.45) is 0 Å². The third-order valence-corrected chi connectivity index (χ3v) is 3.24. The number of carbonyl (C=O) groups excluding carboxylic acids is 1.